The zero-order valence-electron chi connectivity index (χ0n) is 9.72. The van der Waals surface area contributed by atoms with E-state index in [4.69, 9.17) is 0 Å². The van der Waals surface area contributed by atoms with Gasteiger partial charge in [-0.3, -0.25) is 4.79 Å². The van der Waals surface area contributed by atoms with E-state index in [9.17, 15) is 4.79 Å². The van der Waals surface area contributed by atoms with Gasteiger partial charge in [-0.05, 0) is 18.3 Å². The van der Waals surface area contributed by atoms with Crippen LogP contribution in [0.15, 0.2) is 0 Å². The van der Waals surface area contributed by atoms with Gasteiger partial charge >= 0.3 is 0 Å². The Bertz CT molecular complexity index is 228. The van der Waals surface area contributed by atoms with E-state index in [2.05, 4.69) is 12.2 Å². The summed E-state index contributed by atoms with van der Waals surface area (Å²) in [5.41, 5.74) is 0.307. The lowest BCUT2D eigenvalue weighted by Crippen LogP contribution is -2.47. The Balaban J connectivity index is 1.85. The topological polar surface area (TPSA) is 32.3 Å². The second-order valence-corrected chi connectivity index (χ2v) is 5.33. The summed E-state index contributed by atoms with van der Waals surface area (Å²) in [5.74, 6) is 0.376. The van der Waals surface area contributed by atoms with Crippen molar-refractivity contribution >= 4 is 5.91 Å². The standard InChI is InChI=1S/C12H22N2O/c1-12(4-2-3-5-12)10-11(15)14-8-6-13-7-9-14/h13H,2-10H2,1H3. The summed E-state index contributed by atoms with van der Waals surface area (Å²) >= 11 is 0. The lowest BCUT2D eigenvalue weighted by Gasteiger charge is -2.31. The predicted molar refractivity (Wildman–Crippen MR) is 60.6 cm³/mol. The number of carbonyl (C=O) groups is 1. The number of carbonyl (C=O) groups excluding carboxylic acids is 1. The van der Waals surface area contributed by atoms with E-state index in [1.807, 2.05) is 4.90 Å². The second kappa shape index (κ2) is 4.52. The highest BCUT2D eigenvalue weighted by atomic mass is 16.2. The van der Waals surface area contributed by atoms with Gasteiger partial charge in [0.25, 0.3) is 0 Å². The van der Waals surface area contributed by atoms with Crippen molar-refractivity contribution in [1.29, 1.82) is 0 Å². The van der Waals surface area contributed by atoms with E-state index >= 15 is 0 Å². The maximum atomic E-state index is 12.1. The molecule has 15 heavy (non-hydrogen) atoms. The maximum Gasteiger partial charge on any atom is 0.223 e. The van der Waals surface area contributed by atoms with E-state index in [1.54, 1.807) is 0 Å². The molecule has 0 atom stereocenters. The van der Waals surface area contributed by atoms with Crippen molar-refractivity contribution in [2.24, 2.45) is 5.41 Å². The van der Waals surface area contributed by atoms with Crippen molar-refractivity contribution < 1.29 is 4.79 Å². The lowest BCUT2D eigenvalue weighted by molar-refractivity contribution is -0.134. The molecule has 0 spiro atoms. The van der Waals surface area contributed by atoms with Crippen molar-refractivity contribution in [3.8, 4) is 0 Å². The first kappa shape index (κ1) is 10.9. The molecule has 2 aliphatic rings. The van der Waals surface area contributed by atoms with Gasteiger partial charge in [0.05, 0.1) is 0 Å². The summed E-state index contributed by atoms with van der Waals surface area (Å²) < 4.78 is 0. The van der Waals surface area contributed by atoms with Gasteiger partial charge in [0.1, 0.15) is 0 Å². The van der Waals surface area contributed by atoms with E-state index in [0.29, 0.717) is 11.3 Å². The Labute approximate surface area is 92.2 Å². The van der Waals surface area contributed by atoms with E-state index in [1.165, 1.54) is 25.7 Å². The first-order valence-corrected chi connectivity index (χ1v) is 6.18. The van der Waals surface area contributed by atoms with Crippen molar-refractivity contribution in [1.82, 2.24) is 10.2 Å². The molecule has 3 heteroatoms. The molecule has 0 bridgehead atoms. The molecule has 2 rings (SSSR count). The highest BCUT2D eigenvalue weighted by molar-refractivity contribution is 5.77. The number of nitrogens with zero attached hydrogens (tertiary/aromatic N) is 1. The quantitative estimate of drug-likeness (QED) is 0.747. The highest BCUT2D eigenvalue weighted by Gasteiger charge is 2.32. The molecule has 1 heterocycles. The van der Waals surface area contributed by atoms with Crippen molar-refractivity contribution in [3.05, 3.63) is 0 Å². The summed E-state index contributed by atoms with van der Waals surface area (Å²) in [7, 11) is 0. The Morgan fingerprint density at radius 1 is 1.27 bits per heavy atom. The van der Waals surface area contributed by atoms with E-state index < -0.39 is 0 Å². The molecule has 1 amide bonds. The number of amides is 1. The lowest BCUT2D eigenvalue weighted by atomic mass is 9.84. The van der Waals surface area contributed by atoms with Gasteiger partial charge < -0.3 is 10.2 Å². The van der Waals surface area contributed by atoms with Crippen LogP contribution in [-0.4, -0.2) is 37.0 Å². The molecule has 0 radical (unpaired) electrons. The molecule has 1 saturated carbocycles. The third-order valence-corrected chi connectivity index (χ3v) is 3.86. The zero-order chi connectivity index (χ0) is 10.7. The molecular formula is C12H22N2O. The van der Waals surface area contributed by atoms with Gasteiger partial charge in [-0.25, -0.2) is 0 Å². The molecule has 1 saturated heterocycles. The molecule has 1 aliphatic heterocycles. The van der Waals surface area contributed by atoms with Crippen LogP contribution in [0.25, 0.3) is 0 Å². The first-order valence-electron chi connectivity index (χ1n) is 6.18. The molecule has 1 N–H and O–H groups in total. The Kier molecular flexibility index (Phi) is 3.29. The molecule has 0 aromatic heterocycles. The third-order valence-electron chi connectivity index (χ3n) is 3.86. The Morgan fingerprint density at radius 2 is 1.87 bits per heavy atom. The fourth-order valence-corrected chi connectivity index (χ4v) is 2.80. The van der Waals surface area contributed by atoms with Crippen LogP contribution in [0.1, 0.15) is 39.0 Å². The smallest absolute Gasteiger partial charge is 0.223 e. The van der Waals surface area contributed by atoms with Gasteiger partial charge in [0.2, 0.25) is 5.91 Å². The monoisotopic (exact) mass is 210 g/mol. The average Bonchev–Trinajstić information content (AvgIpc) is 2.66. The molecule has 0 aromatic carbocycles. The normalized spacial score (nSPS) is 25.5. The molecular weight excluding hydrogens is 188 g/mol. The Morgan fingerprint density at radius 3 is 2.47 bits per heavy atom. The summed E-state index contributed by atoms with van der Waals surface area (Å²) in [6.45, 7) is 5.99. The second-order valence-electron chi connectivity index (χ2n) is 5.33. The van der Waals surface area contributed by atoms with Crippen LogP contribution >= 0.6 is 0 Å². The summed E-state index contributed by atoms with van der Waals surface area (Å²) in [6.07, 6.45) is 5.87. The summed E-state index contributed by atoms with van der Waals surface area (Å²) in [5, 5.41) is 3.28. The number of rotatable bonds is 2. The highest BCUT2D eigenvalue weighted by Crippen LogP contribution is 2.40. The van der Waals surface area contributed by atoms with Gasteiger partial charge in [0, 0.05) is 32.6 Å². The van der Waals surface area contributed by atoms with Crippen molar-refractivity contribution in [2.45, 2.75) is 39.0 Å². The number of piperazine rings is 1. The maximum absolute atomic E-state index is 12.1. The summed E-state index contributed by atoms with van der Waals surface area (Å²) in [4.78, 5) is 14.1. The minimum Gasteiger partial charge on any atom is -0.340 e. The van der Waals surface area contributed by atoms with E-state index in [-0.39, 0.29) is 0 Å². The van der Waals surface area contributed by atoms with Crippen molar-refractivity contribution in [2.75, 3.05) is 26.2 Å². The van der Waals surface area contributed by atoms with Crippen LogP contribution in [0.5, 0.6) is 0 Å². The van der Waals surface area contributed by atoms with Gasteiger partial charge in [-0.1, -0.05) is 19.8 Å². The largest absolute Gasteiger partial charge is 0.340 e. The SMILES string of the molecule is CC1(CC(=O)N2CCNCC2)CCCC1. The molecule has 0 aromatic rings. The number of hydrogen-bond acceptors (Lipinski definition) is 2. The van der Waals surface area contributed by atoms with Crippen LogP contribution in [-0.2, 0) is 4.79 Å². The zero-order valence-corrected chi connectivity index (χ0v) is 9.72. The minimum absolute atomic E-state index is 0.307. The summed E-state index contributed by atoms with van der Waals surface area (Å²) in [6, 6.07) is 0. The molecule has 2 fully saturated rings. The van der Waals surface area contributed by atoms with Gasteiger partial charge in [-0.2, -0.15) is 0 Å². The van der Waals surface area contributed by atoms with Crippen LogP contribution < -0.4 is 5.32 Å². The predicted octanol–water partition coefficient (Wildman–Crippen LogP) is 1.39. The van der Waals surface area contributed by atoms with Crippen molar-refractivity contribution in [3.63, 3.8) is 0 Å². The molecule has 3 nitrogen and oxygen atoms in total. The molecule has 86 valence electrons. The fourth-order valence-electron chi connectivity index (χ4n) is 2.80. The third kappa shape index (κ3) is 2.71. The van der Waals surface area contributed by atoms with Gasteiger partial charge in [0.15, 0.2) is 0 Å². The van der Waals surface area contributed by atoms with Gasteiger partial charge in [-0.15, -0.1) is 0 Å². The minimum atomic E-state index is 0.307. The fraction of sp³-hybridized carbons (Fsp3) is 0.917. The van der Waals surface area contributed by atoms with Crippen LogP contribution in [0.2, 0.25) is 0 Å². The van der Waals surface area contributed by atoms with Crippen LogP contribution in [0, 0.1) is 5.41 Å². The Hall–Kier alpha value is -0.570. The number of nitrogens with one attached hydrogen (secondary N) is 1. The molecule has 1 aliphatic carbocycles. The first-order chi connectivity index (χ1) is 7.20. The van der Waals surface area contributed by atoms with Crippen LogP contribution in [0.4, 0.5) is 0 Å². The molecule has 0 unspecified atom stereocenters. The van der Waals surface area contributed by atoms with Crippen LogP contribution in [0.3, 0.4) is 0 Å². The average molecular weight is 210 g/mol. The number of hydrogen-bond donors (Lipinski definition) is 1. The van der Waals surface area contributed by atoms with E-state index in [0.717, 1.165) is 32.6 Å².